The second kappa shape index (κ2) is 7.64. The molecule has 0 bridgehead atoms. The Morgan fingerprint density at radius 2 is 2.24 bits per heavy atom. The Morgan fingerprint density at radius 1 is 1.38 bits per heavy atom. The van der Waals surface area contributed by atoms with Crippen molar-refractivity contribution < 1.29 is 18.7 Å². The molecule has 5 nitrogen and oxygen atoms in total. The SMILES string of the molecule is COC(=O)C[C@H](NC(=O)CCc1ccco1)c1cccs1. The van der Waals surface area contributed by atoms with Gasteiger partial charge in [-0.2, -0.15) is 0 Å². The zero-order valence-corrected chi connectivity index (χ0v) is 12.5. The number of thiophene rings is 1. The summed E-state index contributed by atoms with van der Waals surface area (Å²) in [5.41, 5.74) is 0. The van der Waals surface area contributed by atoms with E-state index in [0.717, 1.165) is 10.6 Å². The molecule has 0 fully saturated rings. The zero-order chi connectivity index (χ0) is 15.1. The highest BCUT2D eigenvalue weighted by Gasteiger charge is 2.19. The topological polar surface area (TPSA) is 68.5 Å². The fourth-order valence-corrected chi connectivity index (χ4v) is 2.70. The molecule has 0 aromatic carbocycles. The van der Waals surface area contributed by atoms with Crippen LogP contribution >= 0.6 is 11.3 Å². The minimum atomic E-state index is -0.347. The Bertz CT molecular complexity index is 563. The molecule has 0 spiro atoms. The summed E-state index contributed by atoms with van der Waals surface area (Å²) in [7, 11) is 1.34. The van der Waals surface area contributed by atoms with Crippen LogP contribution in [-0.4, -0.2) is 19.0 Å². The largest absolute Gasteiger partial charge is 0.469 e. The molecule has 2 aromatic rings. The lowest BCUT2D eigenvalue weighted by Gasteiger charge is -2.16. The van der Waals surface area contributed by atoms with E-state index in [4.69, 9.17) is 4.42 Å². The smallest absolute Gasteiger partial charge is 0.307 e. The van der Waals surface area contributed by atoms with Crippen LogP contribution < -0.4 is 5.32 Å². The second-order valence-electron chi connectivity index (χ2n) is 4.50. The number of carbonyl (C=O) groups excluding carboxylic acids is 2. The molecule has 1 amide bonds. The maximum absolute atomic E-state index is 12.0. The number of furan rings is 1. The van der Waals surface area contributed by atoms with Gasteiger partial charge in [0.25, 0.3) is 0 Å². The number of ether oxygens (including phenoxy) is 1. The van der Waals surface area contributed by atoms with E-state index in [1.807, 2.05) is 23.6 Å². The first kappa shape index (κ1) is 15.3. The van der Waals surface area contributed by atoms with Gasteiger partial charge in [0.1, 0.15) is 5.76 Å². The van der Waals surface area contributed by atoms with Gasteiger partial charge in [0.2, 0.25) is 5.91 Å². The summed E-state index contributed by atoms with van der Waals surface area (Å²) in [5.74, 6) is 0.305. The average Bonchev–Trinajstić information content (AvgIpc) is 3.17. The van der Waals surface area contributed by atoms with Gasteiger partial charge < -0.3 is 14.5 Å². The lowest BCUT2D eigenvalue weighted by atomic mass is 10.1. The minimum Gasteiger partial charge on any atom is -0.469 e. The van der Waals surface area contributed by atoms with Crippen LogP contribution in [-0.2, 0) is 20.7 Å². The molecule has 2 heterocycles. The number of rotatable bonds is 7. The van der Waals surface area contributed by atoms with Crippen molar-refractivity contribution in [3.05, 3.63) is 46.5 Å². The van der Waals surface area contributed by atoms with E-state index < -0.39 is 0 Å². The first-order chi connectivity index (χ1) is 10.2. The van der Waals surface area contributed by atoms with Crippen LogP contribution in [0.15, 0.2) is 40.3 Å². The molecule has 1 N–H and O–H groups in total. The summed E-state index contributed by atoms with van der Waals surface area (Å²) in [4.78, 5) is 24.4. The van der Waals surface area contributed by atoms with Crippen molar-refractivity contribution in [2.75, 3.05) is 7.11 Å². The summed E-state index contributed by atoms with van der Waals surface area (Å²) in [6, 6.07) is 7.06. The summed E-state index contributed by atoms with van der Waals surface area (Å²) < 4.78 is 9.87. The van der Waals surface area contributed by atoms with Gasteiger partial charge in [0, 0.05) is 17.7 Å². The second-order valence-corrected chi connectivity index (χ2v) is 5.47. The van der Waals surface area contributed by atoms with Crippen molar-refractivity contribution in [3.8, 4) is 0 Å². The van der Waals surface area contributed by atoms with Crippen LogP contribution in [0, 0.1) is 0 Å². The molecule has 0 aliphatic heterocycles. The number of nitrogens with one attached hydrogen (secondary N) is 1. The Kier molecular flexibility index (Phi) is 5.57. The molecule has 2 aromatic heterocycles. The fraction of sp³-hybridized carbons (Fsp3) is 0.333. The minimum absolute atomic E-state index is 0.117. The Balaban J connectivity index is 1.91. The number of amides is 1. The van der Waals surface area contributed by atoms with E-state index in [-0.39, 0.29) is 24.3 Å². The van der Waals surface area contributed by atoms with Gasteiger partial charge in [-0.3, -0.25) is 9.59 Å². The quantitative estimate of drug-likeness (QED) is 0.799. The lowest BCUT2D eigenvalue weighted by Crippen LogP contribution is -2.30. The summed E-state index contributed by atoms with van der Waals surface area (Å²) >= 11 is 1.50. The van der Waals surface area contributed by atoms with Gasteiger partial charge in [-0.15, -0.1) is 11.3 Å². The highest BCUT2D eigenvalue weighted by Crippen LogP contribution is 2.22. The molecule has 6 heteroatoms. The van der Waals surface area contributed by atoms with Gasteiger partial charge >= 0.3 is 5.97 Å². The van der Waals surface area contributed by atoms with E-state index in [1.54, 1.807) is 12.3 Å². The van der Waals surface area contributed by atoms with Crippen molar-refractivity contribution >= 4 is 23.2 Å². The maximum Gasteiger partial charge on any atom is 0.307 e. The van der Waals surface area contributed by atoms with Gasteiger partial charge in [-0.25, -0.2) is 0 Å². The average molecular weight is 307 g/mol. The molecule has 112 valence electrons. The molecule has 2 rings (SSSR count). The van der Waals surface area contributed by atoms with Crippen LogP contribution in [0.2, 0.25) is 0 Å². The first-order valence-corrected chi connectivity index (χ1v) is 7.49. The number of carbonyl (C=O) groups is 2. The molecule has 0 saturated heterocycles. The van der Waals surface area contributed by atoms with Gasteiger partial charge in [-0.05, 0) is 23.6 Å². The molecular weight excluding hydrogens is 290 g/mol. The first-order valence-electron chi connectivity index (χ1n) is 6.61. The third kappa shape index (κ3) is 4.75. The molecule has 0 unspecified atom stereocenters. The van der Waals surface area contributed by atoms with Crippen molar-refractivity contribution in [3.63, 3.8) is 0 Å². The normalized spacial score (nSPS) is 11.9. The predicted octanol–water partition coefficient (Wildman–Crippen LogP) is 2.69. The predicted molar refractivity (Wildman–Crippen MR) is 78.9 cm³/mol. The van der Waals surface area contributed by atoms with Crippen molar-refractivity contribution in [2.24, 2.45) is 0 Å². The van der Waals surface area contributed by atoms with Crippen LogP contribution in [0.4, 0.5) is 0 Å². The van der Waals surface area contributed by atoms with Crippen LogP contribution in [0.5, 0.6) is 0 Å². The van der Waals surface area contributed by atoms with E-state index in [2.05, 4.69) is 10.1 Å². The number of methoxy groups -OCH3 is 1. The highest BCUT2D eigenvalue weighted by molar-refractivity contribution is 7.10. The molecule has 0 radical (unpaired) electrons. The molecular formula is C15H17NO4S. The van der Waals surface area contributed by atoms with E-state index in [0.29, 0.717) is 12.8 Å². The van der Waals surface area contributed by atoms with E-state index in [9.17, 15) is 9.59 Å². The Morgan fingerprint density at radius 3 is 2.86 bits per heavy atom. The monoisotopic (exact) mass is 307 g/mol. The third-order valence-corrected chi connectivity index (χ3v) is 3.98. The zero-order valence-electron chi connectivity index (χ0n) is 11.7. The van der Waals surface area contributed by atoms with Crippen LogP contribution in [0.1, 0.15) is 29.5 Å². The molecule has 1 atom stereocenters. The fourth-order valence-electron chi connectivity index (χ4n) is 1.92. The molecule has 0 aliphatic carbocycles. The number of hydrogen-bond acceptors (Lipinski definition) is 5. The Hall–Kier alpha value is -2.08. The number of aryl methyl sites for hydroxylation is 1. The van der Waals surface area contributed by atoms with Gasteiger partial charge in [0.05, 0.1) is 25.8 Å². The van der Waals surface area contributed by atoms with Crippen LogP contribution in [0.25, 0.3) is 0 Å². The molecule has 21 heavy (non-hydrogen) atoms. The van der Waals surface area contributed by atoms with Gasteiger partial charge in [0.15, 0.2) is 0 Å². The van der Waals surface area contributed by atoms with E-state index >= 15 is 0 Å². The number of esters is 1. The van der Waals surface area contributed by atoms with E-state index in [1.165, 1.54) is 18.4 Å². The third-order valence-electron chi connectivity index (χ3n) is 3.00. The standard InChI is InChI=1S/C15H17NO4S/c1-19-15(18)10-12(13-5-3-9-21-13)16-14(17)7-6-11-4-2-8-20-11/h2-5,8-9,12H,6-7,10H2,1H3,(H,16,17)/t12-/m0/s1. The van der Waals surface area contributed by atoms with Crippen molar-refractivity contribution in [1.29, 1.82) is 0 Å². The maximum atomic E-state index is 12.0. The molecule has 0 aliphatic rings. The summed E-state index contributed by atoms with van der Waals surface area (Å²) in [6.45, 7) is 0. The summed E-state index contributed by atoms with van der Waals surface area (Å²) in [5, 5.41) is 4.79. The lowest BCUT2D eigenvalue weighted by molar-refractivity contribution is -0.141. The van der Waals surface area contributed by atoms with Crippen LogP contribution in [0.3, 0.4) is 0 Å². The number of hydrogen-bond donors (Lipinski definition) is 1. The molecule has 0 saturated carbocycles. The van der Waals surface area contributed by atoms with Crippen molar-refractivity contribution in [1.82, 2.24) is 5.32 Å². The summed E-state index contributed by atoms with van der Waals surface area (Å²) in [6.07, 6.45) is 2.56. The van der Waals surface area contributed by atoms with Gasteiger partial charge in [-0.1, -0.05) is 6.07 Å². The highest BCUT2D eigenvalue weighted by atomic mass is 32.1. The Labute approximate surface area is 126 Å². The van der Waals surface area contributed by atoms with Crippen molar-refractivity contribution in [2.45, 2.75) is 25.3 Å².